The molecule has 3 aliphatic rings. The Labute approximate surface area is 184 Å². The fourth-order valence-electron chi connectivity index (χ4n) is 5.25. The third-order valence-electron chi connectivity index (χ3n) is 6.28. The zero-order chi connectivity index (χ0) is 20.8. The Kier molecular flexibility index (Phi) is 5.46. The number of fused-ring (bicyclic) bond motifs is 1. The monoisotopic (exact) mass is 508 g/mol. The van der Waals surface area contributed by atoms with E-state index < -0.39 is 11.5 Å². The molecule has 1 aromatic rings. The Hall–Kier alpha value is -1.87. The second-order valence-corrected chi connectivity index (χ2v) is 9.13. The summed E-state index contributed by atoms with van der Waals surface area (Å²) in [5, 5.41) is 3.52. The summed E-state index contributed by atoms with van der Waals surface area (Å²) in [7, 11) is 1.40. The van der Waals surface area contributed by atoms with Crippen molar-refractivity contribution in [3.63, 3.8) is 0 Å². The largest absolute Gasteiger partial charge is 0.466 e. The summed E-state index contributed by atoms with van der Waals surface area (Å²) in [4.78, 5) is 27.1. The Morgan fingerprint density at radius 3 is 2.83 bits per heavy atom. The highest BCUT2D eigenvalue weighted by Crippen LogP contribution is 2.58. The highest BCUT2D eigenvalue weighted by molar-refractivity contribution is 14.1. The zero-order valence-corrected chi connectivity index (χ0v) is 19.0. The van der Waals surface area contributed by atoms with Crippen LogP contribution in [0.25, 0.3) is 0 Å². The molecule has 7 heteroatoms. The van der Waals surface area contributed by atoms with Crippen LogP contribution >= 0.6 is 22.6 Å². The van der Waals surface area contributed by atoms with Gasteiger partial charge in [0.25, 0.3) is 0 Å². The lowest BCUT2D eigenvalue weighted by atomic mass is 9.66. The van der Waals surface area contributed by atoms with Crippen molar-refractivity contribution >= 4 is 40.2 Å². The number of likely N-dealkylation sites (tertiary alicyclic amines) is 1. The van der Waals surface area contributed by atoms with Gasteiger partial charge in [-0.25, -0.2) is 4.79 Å². The van der Waals surface area contributed by atoms with Crippen molar-refractivity contribution in [2.75, 3.05) is 25.5 Å². The first-order valence-corrected chi connectivity index (χ1v) is 10.9. The molecule has 0 bridgehead atoms. The van der Waals surface area contributed by atoms with Crippen molar-refractivity contribution in [3.05, 3.63) is 50.8 Å². The number of benzene rings is 1. The molecule has 3 atom stereocenters. The number of carbonyl (C=O) groups is 2. The van der Waals surface area contributed by atoms with Gasteiger partial charge in [0.05, 0.1) is 24.1 Å². The number of methoxy groups -OCH3 is 1. The van der Waals surface area contributed by atoms with Gasteiger partial charge in [0.1, 0.15) is 6.10 Å². The summed E-state index contributed by atoms with van der Waals surface area (Å²) in [5.41, 5.74) is 3.25. The highest BCUT2D eigenvalue weighted by atomic mass is 127. The summed E-state index contributed by atoms with van der Waals surface area (Å²) in [6.45, 7) is 5.12. The standard InChI is InChI=1S/C22H25IN2O4/c1-4-14(23)12-25-10-9-22-16-7-5-6-8-17(16)24-19(22)15(21(27)28-3)11-18(20(22)25)29-13(2)26/h4-8,18,20,24H,9-12H2,1-3H3/b14-4-/t18-,20+,22+/m1/s1. The van der Waals surface area contributed by atoms with Gasteiger partial charge >= 0.3 is 11.9 Å². The molecular weight excluding hydrogens is 483 g/mol. The number of ether oxygens (including phenoxy) is 2. The molecule has 1 aromatic carbocycles. The van der Waals surface area contributed by atoms with Crippen LogP contribution in [0.3, 0.4) is 0 Å². The quantitative estimate of drug-likeness (QED) is 0.496. The van der Waals surface area contributed by atoms with Crippen molar-refractivity contribution in [2.45, 2.75) is 44.2 Å². The summed E-state index contributed by atoms with van der Waals surface area (Å²) in [5.74, 6) is -0.693. The summed E-state index contributed by atoms with van der Waals surface area (Å²) < 4.78 is 12.2. The number of hydrogen-bond acceptors (Lipinski definition) is 6. The average molecular weight is 508 g/mol. The summed E-state index contributed by atoms with van der Waals surface area (Å²) >= 11 is 2.36. The van der Waals surface area contributed by atoms with Crippen molar-refractivity contribution in [1.82, 2.24) is 4.90 Å². The van der Waals surface area contributed by atoms with E-state index in [0.717, 1.165) is 36.5 Å². The molecule has 2 heterocycles. The van der Waals surface area contributed by atoms with Crippen LogP contribution in [0.4, 0.5) is 5.69 Å². The van der Waals surface area contributed by atoms with Gasteiger partial charge in [0, 0.05) is 41.4 Å². The van der Waals surface area contributed by atoms with Crippen LogP contribution in [0.5, 0.6) is 0 Å². The highest BCUT2D eigenvalue weighted by Gasteiger charge is 2.62. The molecule has 1 aliphatic carbocycles. The van der Waals surface area contributed by atoms with Crippen molar-refractivity contribution in [1.29, 1.82) is 0 Å². The van der Waals surface area contributed by atoms with Crippen molar-refractivity contribution in [2.24, 2.45) is 0 Å². The van der Waals surface area contributed by atoms with Crippen LogP contribution in [0, 0.1) is 0 Å². The van der Waals surface area contributed by atoms with Gasteiger partial charge in [0.15, 0.2) is 0 Å². The van der Waals surface area contributed by atoms with E-state index in [1.165, 1.54) is 17.6 Å². The Bertz CT molecular complexity index is 925. The van der Waals surface area contributed by atoms with Gasteiger partial charge in [-0.2, -0.15) is 0 Å². The van der Waals surface area contributed by atoms with Crippen LogP contribution in [-0.4, -0.2) is 49.2 Å². The molecule has 0 aromatic heterocycles. The fourth-order valence-corrected chi connectivity index (χ4v) is 5.69. The molecule has 29 heavy (non-hydrogen) atoms. The number of nitrogens with one attached hydrogen (secondary N) is 1. The van der Waals surface area contributed by atoms with E-state index in [4.69, 9.17) is 9.47 Å². The van der Waals surface area contributed by atoms with Gasteiger partial charge in [-0.15, -0.1) is 0 Å². The molecule has 0 amide bonds. The van der Waals surface area contributed by atoms with Crippen LogP contribution in [0.2, 0.25) is 0 Å². The van der Waals surface area contributed by atoms with Gasteiger partial charge in [-0.1, -0.05) is 24.3 Å². The molecule has 0 radical (unpaired) electrons. The summed E-state index contributed by atoms with van der Waals surface area (Å²) in [6, 6.07) is 8.14. The molecule has 4 rings (SSSR count). The third kappa shape index (κ3) is 3.18. The first-order chi connectivity index (χ1) is 13.9. The topological polar surface area (TPSA) is 67.9 Å². The second kappa shape index (κ2) is 7.75. The van der Waals surface area contributed by atoms with E-state index in [-0.39, 0.29) is 18.0 Å². The number of hydrogen-bond donors (Lipinski definition) is 1. The number of halogens is 1. The normalized spacial score (nSPS) is 28.3. The number of esters is 2. The molecule has 1 saturated heterocycles. The van der Waals surface area contributed by atoms with Crippen LogP contribution in [-0.2, 0) is 24.5 Å². The molecular formula is C22H25IN2O4. The molecule has 0 saturated carbocycles. The van der Waals surface area contributed by atoms with Crippen molar-refractivity contribution < 1.29 is 19.1 Å². The van der Waals surface area contributed by atoms with Crippen LogP contribution < -0.4 is 5.32 Å². The Balaban J connectivity index is 1.91. The molecule has 1 N–H and O–H groups in total. The van der Waals surface area contributed by atoms with E-state index in [2.05, 4.69) is 44.9 Å². The fraction of sp³-hybridized carbons (Fsp3) is 0.455. The van der Waals surface area contributed by atoms with E-state index in [9.17, 15) is 9.59 Å². The lowest BCUT2D eigenvalue weighted by molar-refractivity contribution is -0.152. The predicted molar refractivity (Wildman–Crippen MR) is 119 cm³/mol. The minimum absolute atomic E-state index is 0.0457. The lowest BCUT2D eigenvalue weighted by Crippen LogP contribution is -2.55. The van der Waals surface area contributed by atoms with Crippen LogP contribution in [0.15, 0.2) is 45.2 Å². The molecule has 1 fully saturated rings. The first kappa shape index (κ1) is 20.4. The van der Waals surface area contributed by atoms with E-state index in [1.807, 2.05) is 25.1 Å². The molecule has 154 valence electrons. The van der Waals surface area contributed by atoms with E-state index in [1.54, 1.807) is 0 Å². The van der Waals surface area contributed by atoms with E-state index in [0.29, 0.717) is 12.0 Å². The van der Waals surface area contributed by atoms with Gasteiger partial charge < -0.3 is 14.8 Å². The number of nitrogens with zero attached hydrogens (tertiary/aromatic N) is 1. The summed E-state index contributed by atoms with van der Waals surface area (Å²) in [6.07, 6.45) is 2.88. The Morgan fingerprint density at radius 1 is 1.38 bits per heavy atom. The number of carbonyl (C=O) groups excluding carboxylic acids is 2. The molecule has 1 spiro atoms. The maximum atomic E-state index is 12.7. The number of allylic oxidation sites excluding steroid dienone is 1. The van der Waals surface area contributed by atoms with E-state index >= 15 is 0 Å². The molecule has 2 aliphatic heterocycles. The number of anilines is 1. The SMILES string of the molecule is C/C=C(\I)CN1CC[C@]23C(=C(C(=O)OC)C[C@@H](OC(C)=O)[C@H]12)Nc1ccccc13. The zero-order valence-electron chi connectivity index (χ0n) is 16.8. The van der Waals surface area contributed by atoms with Gasteiger partial charge in [0.2, 0.25) is 0 Å². The molecule has 6 nitrogen and oxygen atoms in total. The second-order valence-electron chi connectivity index (χ2n) is 7.74. The third-order valence-corrected chi connectivity index (χ3v) is 7.24. The minimum atomic E-state index is -0.415. The number of rotatable bonds is 4. The number of para-hydroxylation sites is 1. The molecule has 0 unspecified atom stereocenters. The van der Waals surface area contributed by atoms with Crippen molar-refractivity contribution in [3.8, 4) is 0 Å². The smallest absolute Gasteiger partial charge is 0.335 e. The first-order valence-electron chi connectivity index (χ1n) is 9.82. The average Bonchev–Trinajstić information content (AvgIpc) is 3.25. The van der Waals surface area contributed by atoms with Gasteiger partial charge in [-0.05, 0) is 47.6 Å². The van der Waals surface area contributed by atoms with Crippen LogP contribution in [0.1, 0.15) is 32.3 Å². The maximum Gasteiger partial charge on any atom is 0.335 e. The minimum Gasteiger partial charge on any atom is -0.466 e. The Morgan fingerprint density at radius 2 is 2.14 bits per heavy atom. The van der Waals surface area contributed by atoms with Gasteiger partial charge in [-0.3, -0.25) is 9.69 Å². The predicted octanol–water partition coefficient (Wildman–Crippen LogP) is 3.53. The maximum absolute atomic E-state index is 12.7. The lowest BCUT2D eigenvalue weighted by Gasteiger charge is -2.44.